The number of urea groups is 1. The Morgan fingerprint density at radius 3 is 1.92 bits per heavy atom. The summed E-state index contributed by atoms with van der Waals surface area (Å²) in [5, 5.41) is 3.09. The summed E-state index contributed by atoms with van der Waals surface area (Å²) in [6.45, 7) is 15.1. The Bertz CT molecular complexity index is 446. The highest BCUT2D eigenvalue weighted by Crippen LogP contribution is 2.19. The van der Waals surface area contributed by atoms with E-state index in [4.69, 9.17) is 0 Å². The molecule has 6 heteroatoms. The van der Waals surface area contributed by atoms with Gasteiger partial charge >= 0.3 is 6.03 Å². The van der Waals surface area contributed by atoms with Gasteiger partial charge in [0.25, 0.3) is 0 Å². The molecular weight excluding hydrogens is 304 g/mol. The van der Waals surface area contributed by atoms with Crippen molar-refractivity contribution in [3.05, 3.63) is 0 Å². The van der Waals surface area contributed by atoms with Gasteiger partial charge in [-0.3, -0.25) is 9.69 Å². The van der Waals surface area contributed by atoms with E-state index in [0.29, 0.717) is 13.1 Å². The van der Waals surface area contributed by atoms with E-state index in [1.165, 1.54) is 0 Å². The number of carbonyl (C=O) groups is 2. The summed E-state index contributed by atoms with van der Waals surface area (Å²) in [5.41, 5.74) is 0.0497. The molecule has 2 heterocycles. The van der Waals surface area contributed by atoms with Crippen LogP contribution >= 0.6 is 0 Å². The standard InChI is InChI=1S/C18H34N4O2/c1-14(16(23)21-8-6-7-9-21)20-10-12-22(13-11-20)17(24)19-15(2)18(3,4)5/h14-15H,6-13H2,1-5H3,(H,19,24). The molecule has 2 unspecified atom stereocenters. The molecule has 0 aromatic carbocycles. The molecule has 0 aromatic heterocycles. The lowest BCUT2D eigenvalue weighted by molar-refractivity contribution is -0.135. The summed E-state index contributed by atoms with van der Waals surface area (Å²) >= 11 is 0. The number of amides is 3. The van der Waals surface area contributed by atoms with Crippen LogP contribution in [-0.2, 0) is 4.79 Å². The van der Waals surface area contributed by atoms with Crippen molar-refractivity contribution in [2.75, 3.05) is 39.3 Å². The summed E-state index contributed by atoms with van der Waals surface area (Å²) in [7, 11) is 0. The van der Waals surface area contributed by atoms with Crippen molar-refractivity contribution in [1.82, 2.24) is 20.0 Å². The van der Waals surface area contributed by atoms with Crippen molar-refractivity contribution in [3.63, 3.8) is 0 Å². The first-order chi connectivity index (χ1) is 11.2. The zero-order valence-electron chi connectivity index (χ0n) is 16.0. The first kappa shape index (κ1) is 19.0. The molecule has 2 saturated heterocycles. The molecule has 2 atom stereocenters. The zero-order chi connectivity index (χ0) is 17.9. The van der Waals surface area contributed by atoms with E-state index >= 15 is 0 Å². The SMILES string of the molecule is CC(C(=O)N1CCCC1)N1CCN(C(=O)NC(C)C(C)(C)C)CC1. The first-order valence-corrected chi connectivity index (χ1v) is 9.28. The third-order valence-corrected chi connectivity index (χ3v) is 5.56. The van der Waals surface area contributed by atoms with Crippen LogP contribution in [0.15, 0.2) is 0 Å². The van der Waals surface area contributed by atoms with Crippen molar-refractivity contribution in [2.45, 2.75) is 59.5 Å². The van der Waals surface area contributed by atoms with Gasteiger partial charge in [0.1, 0.15) is 0 Å². The van der Waals surface area contributed by atoms with Gasteiger partial charge in [-0.25, -0.2) is 4.79 Å². The molecule has 2 aliphatic heterocycles. The average Bonchev–Trinajstić information content (AvgIpc) is 3.07. The second kappa shape index (κ2) is 7.72. The Balaban J connectivity index is 1.80. The zero-order valence-corrected chi connectivity index (χ0v) is 16.0. The third-order valence-electron chi connectivity index (χ3n) is 5.56. The van der Waals surface area contributed by atoms with Crippen LogP contribution in [-0.4, -0.2) is 78.0 Å². The average molecular weight is 338 g/mol. The Morgan fingerprint density at radius 1 is 0.875 bits per heavy atom. The summed E-state index contributed by atoms with van der Waals surface area (Å²) in [6.07, 6.45) is 2.25. The van der Waals surface area contributed by atoms with Crippen molar-refractivity contribution in [2.24, 2.45) is 5.41 Å². The molecule has 138 valence electrons. The van der Waals surface area contributed by atoms with E-state index in [-0.39, 0.29) is 29.4 Å². The lowest BCUT2D eigenvalue weighted by atomic mass is 9.88. The fourth-order valence-corrected chi connectivity index (χ4v) is 3.16. The number of likely N-dealkylation sites (tertiary alicyclic amines) is 1. The van der Waals surface area contributed by atoms with Gasteiger partial charge in [0.15, 0.2) is 0 Å². The monoisotopic (exact) mass is 338 g/mol. The van der Waals surface area contributed by atoms with Crippen LogP contribution in [0.4, 0.5) is 4.79 Å². The summed E-state index contributed by atoms with van der Waals surface area (Å²) in [6, 6.07) is 0.0519. The Hall–Kier alpha value is -1.30. The van der Waals surface area contributed by atoms with Crippen molar-refractivity contribution < 1.29 is 9.59 Å². The number of carbonyl (C=O) groups excluding carboxylic acids is 2. The van der Waals surface area contributed by atoms with Gasteiger partial charge in [0, 0.05) is 45.3 Å². The second-order valence-corrected chi connectivity index (χ2v) is 8.27. The maximum absolute atomic E-state index is 12.5. The van der Waals surface area contributed by atoms with Crippen LogP contribution in [0, 0.1) is 5.41 Å². The maximum atomic E-state index is 12.5. The summed E-state index contributed by atoms with van der Waals surface area (Å²) in [4.78, 5) is 31.0. The molecule has 3 amide bonds. The van der Waals surface area contributed by atoms with E-state index in [2.05, 4.69) is 31.0 Å². The Labute approximate surface area is 146 Å². The third kappa shape index (κ3) is 4.62. The lowest BCUT2D eigenvalue weighted by Gasteiger charge is -2.39. The molecular formula is C18H34N4O2. The number of hydrogen-bond acceptors (Lipinski definition) is 3. The minimum atomic E-state index is -0.0817. The van der Waals surface area contributed by atoms with Crippen molar-refractivity contribution in [3.8, 4) is 0 Å². The van der Waals surface area contributed by atoms with Crippen molar-refractivity contribution >= 4 is 11.9 Å². The van der Waals surface area contributed by atoms with Gasteiger partial charge in [-0.2, -0.15) is 0 Å². The molecule has 0 radical (unpaired) electrons. The molecule has 2 fully saturated rings. The minimum Gasteiger partial charge on any atom is -0.341 e. The fraction of sp³-hybridized carbons (Fsp3) is 0.889. The van der Waals surface area contributed by atoms with Crippen LogP contribution in [0.3, 0.4) is 0 Å². The predicted octanol–water partition coefficient (Wildman–Crippen LogP) is 1.76. The molecule has 2 rings (SSSR count). The van der Waals surface area contributed by atoms with E-state index in [9.17, 15) is 9.59 Å². The largest absolute Gasteiger partial charge is 0.341 e. The molecule has 2 aliphatic rings. The predicted molar refractivity (Wildman–Crippen MR) is 95.9 cm³/mol. The van der Waals surface area contributed by atoms with E-state index in [1.807, 2.05) is 23.6 Å². The number of piperazine rings is 1. The lowest BCUT2D eigenvalue weighted by Crippen LogP contribution is -2.58. The fourth-order valence-electron chi connectivity index (χ4n) is 3.16. The highest BCUT2D eigenvalue weighted by Gasteiger charge is 2.31. The van der Waals surface area contributed by atoms with Gasteiger partial charge in [0.05, 0.1) is 6.04 Å². The quantitative estimate of drug-likeness (QED) is 0.853. The summed E-state index contributed by atoms with van der Waals surface area (Å²) < 4.78 is 0. The summed E-state index contributed by atoms with van der Waals surface area (Å²) in [5.74, 6) is 0.242. The van der Waals surface area contributed by atoms with E-state index in [0.717, 1.165) is 39.0 Å². The molecule has 0 bridgehead atoms. The van der Waals surface area contributed by atoms with Gasteiger partial charge in [-0.05, 0) is 32.1 Å². The van der Waals surface area contributed by atoms with Gasteiger partial charge in [0.2, 0.25) is 5.91 Å². The van der Waals surface area contributed by atoms with Crippen LogP contribution in [0.2, 0.25) is 0 Å². The smallest absolute Gasteiger partial charge is 0.317 e. The maximum Gasteiger partial charge on any atom is 0.317 e. The molecule has 0 aromatic rings. The van der Waals surface area contributed by atoms with Gasteiger partial charge < -0.3 is 15.1 Å². The highest BCUT2D eigenvalue weighted by molar-refractivity contribution is 5.81. The normalized spacial score (nSPS) is 22.4. The van der Waals surface area contributed by atoms with Gasteiger partial charge in [-0.1, -0.05) is 20.8 Å². The number of nitrogens with zero attached hydrogens (tertiary/aromatic N) is 3. The number of nitrogens with one attached hydrogen (secondary N) is 1. The van der Waals surface area contributed by atoms with Crippen molar-refractivity contribution in [1.29, 1.82) is 0 Å². The van der Waals surface area contributed by atoms with E-state index < -0.39 is 0 Å². The molecule has 0 aliphatic carbocycles. The van der Waals surface area contributed by atoms with E-state index in [1.54, 1.807) is 0 Å². The molecule has 0 saturated carbocycles. The molecule has 1 N–H and O–H groups in total. The second-order valence-electron chi connectivity index (χ2n) is 8.27. The Kier molecular flexibility index (Phi) is 6.12. The van der Waals surface area contributed by atoms with Crippen LogP contribution in [0.5, 0.6) is 0 Å². The number of hydrogen-bond donors (Lipinski definition) is 1. The minimum absolute atomic E-state index is 0.00981. The highest BCUT2D eigenvalue weighted by atomic mass is 16.2. The number of rotatable bonds is 3. The Morgan fingerprint density at radius 2 is 1.42 bits per heavy atom. The molecule has 24 heavy (non-hydrogen) atoms. The van der Waals surface area contributed by atoms with Gasteiger partial charge in [-0.15, -0.1) is 0 Å². The molecule has 6 nitrogen and oxygen atoms in total. The molecule has 0 spiro atoms. The van der Waals surface area contributed by atoms with Crippen LogP contribution in [0.25, 0.3) is 0 Å². The van der Waals surface area contributed by atoms with Crippen LogP contribution < -0.4 is 5.32 Å². The van der Waals surface area contributed by atoms with Crippen LogP contribution in [0.1, 0.15) is 47.5 Å². The topological polar surface area (TPSA) is 55.9 Å². The first-order valence-electron chi connectivity index (χ1n) is 9.28.